The van der Waals surface area contributed by atoms with Crippen LogP contribution in [0.15, 0.2) is 29.6 Å². The van der Waals surface area contributed by atoms with E-state index < -0.39 is 0 Å². The van der Waals surface area contributed by atoms with E-state index in [0.29, 0.717) is 11.1 Å². The number of fused-ring (bicyclic) bond motifs is 1. The summed E-state index contributed by atoms with van der Waals surface area (Å²) in [6.45, 7) is 4.21. The predicted molar refractivity (Wildman–Crippen MR) is 75.4 cm³/mol. The maximum atomic E-state index is 6.24. The van der Waals surface area contributed by atoms with Gasteiger partial charge in [0, 0.05) is 11.8 Å². The summed E-state index contributed by atoms with van der Waals surface area (Å²) in [5.41, 5.74) is 2.71. The summed E-state index contributed by atoms with van der Waals surface area (Å²) >= 11 is 7.91. The highest BCUT2D eigenvalue weighted by Gasteiger charge is 2.11. The molecular weight excluding hydrogens is 266 g/mol. The molecule has 0 spiro atoms. The maximum Gasteiger partial charge on any atom is 0.157 e. The van der Waals surface area contributed by atoms with E-state index in [1.807, 2.05) is 29.6 Å². The molecule has 0 atom stereocenters. The molecule has 0 aliphatic rings. The lowest BCUT2D eigenvalue weighted by Gasteiger charge is -2.05. The van der Waals surface area contributed by atoms with Crippen molar-refractivity contribution < 1.29 is 0 Å². The lowest BCUT2D eigenvalue weighted by Crippen LogP contribution is -1.98. The Labute approximate surface area is 114 Å². The zero-order valence-corrected chi connectivity index (χ0v) is 11.7. The second-order valence-electron chi connectivity index (χ2n) is 4.44. The lowest BCUT2D eigenvalue weighted by atomic mass is 10.1. The van der Waals surface area contributed by atoms with Crippen LogP contribution in [-0.4, -0.2) is 14.6 Å². The van der Waals surface area contributed by atoms with Gasteiger partial charge >= 0.3 is 0 Å². The predicted octanol–water partition coefficient (Wildman–Crippen LogP) is 4.23. The summed E-state index contributed by atoms with van der Waals surface area (Å²) in [4.78, 5) is 5.71. The van der Waals surface area contributed by atoms with Crippen molar-refractivity contribution >= 4 is 28.6 Å². The fourth-order valence-electron chi connectivity index (χ4n) is 1.80. The van der Waals surface area contributed by atoms with Gasteiger partial charge in [0.2, 0.25) is 0 Å². The maximum absolute atomic E-state index is 6.24. The van der Waals surface area contributed by atoms with Gasteiger partial charge in [-0.1, -0.05) is 31.5 Å². The monoisotopic (exact) mass is 277 g/mol. The molecule has 0 saturated carbocycles. The number of nitrogens with zero attached hydrogens (tertiary/aromatic N) is 3. The van der Waals surface area contributed by atoms with E-state index in [0.717, 1.165) is 21.9 Å². The number of hydrogen-bond acceptors (Lipinski definition) is 3. The van der Waals surface area contributed by atoms with Crippen molar-refractivity contribution in [3.63, 3.8) is 0 Å². The largest absolute Gasteiger partial charge is 0.233 e. The topological polar surface area (TPSA) is 30.2 Å². The quantitative estimate of drug-likeness (QED) is 0.656. The molecule has 0 saturated heterocycles. The van der Waals surface area contributed by atoms with Gasteiger partial charge in [-0.2, -0.15) is 5.10 Å². The minimum atomic E-state index is 0.354. The Bertz CT molecular complexity index is 686. The molecule has 18 heavy (non-hydrogen) atoms. The van der Waals surface area contributed by atoms with Crippen LogP contribution in [0.4, 0.5) is 0 Å². The van der Waals surface area contributed by atoms with Gasteiger partial charge in [0.15, 0.2) is 5.65 Å². The second-order valence-corrected chi connectivity index (χ2v) is 5.77. The van der Waals surface area contributed by atoms with Crippen LogP contribution in [0.5, 0.6) is 0 Å². The minimum absolute atomic E-state index is 0.354. The molecule has 5 heteroatoms. The summed E-state index contributed by atoms with van der Waals surface area (Å²) in [7, 11) is 0. The van der Waals surface area contributed by atoms with Crippen molar-refractivity contribution in [2.45, 2.75) is 19.8 Å². The fourth-order valence-corrected chi connectivity index (χ4v) is 2.71. The normalized spacial score (nSPS) is 11.6. The fraction of sp³-hybridized carbons (Fsp3) is 0.231. The van der Waals surface area contributed by atoms with E-state index in [9.17, 15) is 0 Å². The summed E-state index contributed by atoms with van der Waals surface area (Å²) in [6, 6.07) is 7.91. The molecule has 3 nitrogen and oxygen atoms in total. The van der Waals surface area contributed by atoms with Crippen LogP contribution in [0, 0.1) is 0 Å². The highest BCUT2D eigenvalue weighted by atomic mass is 35.5. The Morgan fingerprint density at radius 1 is 1.33 bits per heavy atom. The van der Waals surface area contributed by atoms with Crippen LogP contribution >= 0.6 is 22.9 Å². The number of thiophene rings is 1. The summed E-state index contributed by atoms with van der Waals surface area (Å²) < 4.78 is 1.68. The third kappa shape index (κ3) is 1.91. The number of hydrogen-bond donors (Lipinski definition) is 0. The van der Waals surface area contributed by atoms with Crippen LogP contribution in [0.25, 0.3) is 16.2 Å². The molecule has 0 radical (unpaired) electrons. The molecule has 0 fully saturated rings. The van der Waals surface area contributed by atoms with E-state index in [-0.39, 0.29) is 0 Å². The summed E-state index contributed by atoms with van der Waals surface area (Å²) in [6.07, 6.45) is 0. The van der Waals surface area contributed by atoms with Gasteiger partial charge in [0.25, 0.3) is 0 Å². The number of halogens is 1. The Morgan fingerprint density at radius 3 is 2.83 bits per heavy atom. The van der Waals surface area contributed by atoms with Gasteiger partial charge < -0.3 is 0 Å². The third-order valence-corrected chi connectivity index (χ3v) is 3.93. The molecule has 0 bridgehead atoms. The zero-order valence-electron chi connectivity index (χ0n) is 10.1. The molecular formula is C13H12ClN3S. The molecule has 0 N–H and O–H groups in total. The molecule has 0 aliphatic carbocycles. The standard InChI is InChI=1S/C13H12ClN3S/c1-8(2)9-6-12(14)17-13(15-9)7-10(16-17)11-4-3-5-18-11/h3-8H,1-2H3. The van der Waals surface area contributed by atoms with E-state index in [2.05, 4.69) is 23.9 Å². The average molecular weight is 278 g/mol. The first-order valence-electron chi connectivity index (χ1n) is 5.75. The van der Waals surface area contributed by atoms with Crippen molar-refractivity contribution in [3.05, 3.63) is 40.5 Å². The first-order valence-corrected chi connectivity index (χ1v) is 7.01. The SMILES string of the molecule is CC(C)c1cc(Cl)n2nc(-c3cccs3)cc2n1. The van der Waals surface area contributed by atoms with Crippen LogP contribution in [0.2, 0.25) is 5.15 Å². The Balaban J connectivity index is 2.20. The molecule has 92 valence electrons. The third-order valence-electron chi connectivity index (χ3n) is 2.77. The zero-order chi connectivity index (χ0) is 12.7. The smallest absolute Gasteiger partial charge is 0.157 e. The van der Waals surface area contributed by atoms with Crippen molar-refractivity contribution in [3.8, 4) is 10.6 Å². The molecule has 3 aromatic rings. The van der Waals surface area contributed by atoms with Gasteiger partial charge in [-0.25, -0.2) is 9.50 Å². The average Bonchev–Trinajstić information content (AvgIpc) is 2.96. The molecule has 0 amide bonds. The molecule has 0 aromatic carbocycles. The van der Waals surface area contributed by atoms with Gasteiger partial charge in [0.1, 0.15) is 10.8 Å². The van der Waals surface area contributed by atoms with Gasteiger partial charge in [0.05, 0.1) is 4.88 Å². The number of rotatable bonds is 2. The molecule has 3 heterocycles. The highest BCUT2D eigenvalue weighted by molar-refractivity contribution is 7.13. The molecule has 3 aromatic heterocycles. The Kier molecular flexibility index (Phi) is 2.84. The van der Waals surface area contributed by atoms with Crippen molar-refractivity contribution in [1.82, 2.24) is 14.6 Å². The first-order chi connectivity index (χ1) is 8.65. The minimum Gasteiger partial charge on any atom is -0.233 e. The van der Waals surface area contributed by atoms with Crippen molar-refractivity contribution in [2.24, 2.45) is 0 Å². The van der Waals surface area contributed by atoms with Gasteiger partial charge in [-0.05, 0) is 23.4 Å². The Hall–Kier alpha value is -1.39. The van der Waals surface area contributed by atoms with E-state index in [4.69, 9.17) is 11.6 Å². The van der Waals surface area contributed by atoms with E-state index in [1.165, 1.54) is 0 Å². The molecule has 3 rings (SSSR count). The number of aromatic nitrogens is 3. The van der Waals surface area contributed by atoms with Gasteiger partial charge in [-0.3, -0.25) is 0 Å². The van der Waals surface area contributed by atoms with Crippen LogP contribution in [0.1, 0.15) is 25.5 Å². The molecule has 0 aliphatic heterocycles. The second kappa shape index (κ2) is 4.37. The first kappa shape index (κ1) is 11.7. The summed E-state index contributed by atoms with van der Waals surface area (Å²) in [5, 5.41) is 7.13. The summed E-state index contributed by atoms with van der Waals surface area (Å²) in [5.74, 6) is 0.354. The van der Waals surface area contributed by atoms with Crippen LogP contribution < -0.4 is 0 Å². The van der Waals surface area contributed by atoms with Crippen molar-refractivity contribution in [1.29, 1.82) is 0 Å². The molecule has 0 unspecified atom stereocenters. The van der Waals surface area contributed by atoms with E-state index >= 15 is 0 Å². The Morgan fingerprint density at radius 2 is 2.17 bits per heavy atom. The van der Waals surface area contributed by atoms with E-state index in [1.54, 1.807) is 15.9 Å². The van der Waals surface area contributed by atoms with Gasteiger partial charge in [-0.15, -0.1) is 11.3 Å². The highest BCUT2D eigenvalue weighted by Crippen LogP contribution is 2.26. The lowest BCUT2D eigenvalue weighted by molar-refractivity contribution is 0.809. The van der Waals surface area contributed by atoms with Crippen LogP contribution in [-0.2, 0) is 0 Å². The van der Waals surface area contributed by atoms with Crippen LogP contribution in [0.3, 0.4) is 0 Å². The van der Waals surface area contributed by atoms with Crippen molar-refractivity contribution in [2.75, 3.05) is 0 Å².